The average Bonchev–Trinajstić information content (AvgIpc) is 2.62. The van der Waals surface area contributed by atoms with E-state index in [1.807, 2.05) is 47.1 Å². The Kier molecular flexibility index (Phi) is 3.64. The second-order valence-corrected chi connectivity index (χ2v) is 4.61. The molecule has 0 bridgehead atoms. The Labute approximate surface area is 102 Å². The third-order valence-electron chi connectivity index (χ3n) is 2.91. The zero-order valence-corrected chi connectivity index (χ0v) is 10.2. The molecular weight excluding hydrogens is 214 g/mol. The van der Waals surface area contributed by atoms with Crippen molar-refractivity contribution in [3.63, 3.8) is 0 Å². The van der Waals surface area contributed by atoms with E-state index in [0.29, 0.717) is 13.1 Å². The quantitative estimate of drug-likeness (QED) is 0.851. The minimum Gasteiger partial charge on any atom is -0.326 e. The van der Waals surface area contributed by atoms with Gasteiger partial charge in [-0.1, -0.05) is 30.3 Å². The number of benzene rings is 1. The summed E-state index contributed by atoms with van der Waals surface area (Å²) in [7, 11) is 0. The lowest BCUT2D eigenvalue weighted by molar-refractivity contribution is 0.189. The molecule has 1 unspecified atom stereocenters. The van der Waals surface area contributed by atoms with Crippen molar-refractivity contribution >= 4 is 6.03 Å². The van der Waals surface area contributed by atoms with Gasteiger partial charge in [0.15, 0.2) is 0 Å². The predicted octanol–water partition coefficient (Wildman–Crippen LogP) is 1.27. The number of hydrogen-bond donors (Lipinski definition) is 1. The summed E-state index contributed by atoms with van der Waals surface area (Å²) in [6, 6.07) is 10.2. The summed E-state index contributed by atoms with van der Waals surface area (Å²) in [5.41, 5.74) is 6.89. The molecule has 1 aromatic carbocycles. The third-order valence-corrected chi connectivity index (χ3v) is 2.91. The highest BCUT2D eigenvalue weighted by atomic mass is 16.2. The van der Waals surface area contributed by atoms with Gasteiger partial charge in [-0.05, 0) is 12.5 Å². The van der Waals surface area contributed by atoms with Crippen LogP contribution >= 0.6 is 0 Å². The van der Waals surface area contributed by atoms with Gasteiger partial charge in [0.05, 0.1) is 0 Å². The van der Waals surface area contributed by atoms with Crippen LogP contribution < -0.4 is 5.73 Å². The van der Waals surface area contributed by atoms with Gasteiger partial charge in [0, 0.05) is 32.2 Å². The zero-order valence-electron chi connectivity index (χ0n) is 10.2. The van der Waals surface area contributed by atoms with E-state index in [0.717, 1.165) is 13.1 Å². The lowest BCUT2D eigenvalue weighted by Crippen LogP contribution is -2.38. The summed E-state index contributed by atoms with van der Waals surface area (Å²) in [5, 5.41) is 0. The highest BCUT2D eigenvalue weighted by Crippen LogP contribution is 2.13. The van der Waals surface area contributed by atoms with E-state index in [4.69, 9.17) is 5.73 Å². The summed E-state index contributed by atoms with van der Waals surface area (Å²) in [5.74, 6) is 0. The molecule has 1 aliphatic heterocycles. The topological polar surface area (TPSA) is 49.6 Å². The van der Waals surface area contributed by atoms with Gasteiger partial charge in [-0.25, -0.2) is 4.79 Å². The van der Waals surface area contributed by atoms with Gasteiger partial charge in [-0.3, -0.25) is 0 Å². The van der Waals surface area contributed by atoms with Crippen molar-refractivity contribution < 1.29 is 4.79 Å². The first-order valence-electron chi connectivity index (χ1n) is 6.00. The van der Waals surface area contributed by atoms with E-state index in [1.54, 1.807) is 0 Å². The summed E-state index contributed by atoms with van der Waals surface area (Å²) >= 11 is 0. The molecule has 0 radical (unpaired) electrons. The molecule has 17 heavy (non-hydrogen) atoms. The molecule has 0 spiro atoms. The Morgan fingerprint density at radius 3 is 2.53 bits per heavy atom. The van der Waals surface area contributed by atoms with Crippen molar-refractivity contribution in [2.24, 2.45) is 5.73 Å². The first kappa shape index (κ1) is 11.9. The first-order valence-corrected chi connectivity index (χ1v) is 6.00. The van der Waals surface area contributed by atoms with Gasteiger partial charge in [0.25, 0.3) is 0 Å². The van der Waals surface area contributed by atoms with Gasteiger partial charge in [-0.2, -0.15) is 0 Å². The number of rotatable bonds is 4. The van der Waals surface area contributed by atoms with Crippen molar-refractivity contribution in [3.05, 3.63) is 35.9 Å². The molecule has 1 aliphatic rings. The molecule has 1 saturated heterocycles. The summed E-state index contributed by atoms with van der Waals surface area (Å²) < 4.78 is 0. The van der Waals surface area contributed by atoms with Crippen LogP contribution in [0.25, 0.3) is 0 Å². The smallest absolute Gasteiger partial charge is 0.320 e. The molecule has 1 fully saturated rings. The molecule has 2 N–H and O–H groups in total. The molecule has 1 aromatic rings. The second kappa shape index (κ2) is 5.19. The fourth-order valence-corrected chi connectivity index (χ4v) is 2.10. The van der Waals surface area contributed by atoms with E-state index in [-0.39, 0.29) is 12.1 Å². The van der Waals surface area contributed by atoms with Crippen molar-refractivity contribution in [3.8, 4) is 0 Å². The Balaban J connectivity index is 1.94. The van der Waals surface area contributed by atoms with Gasteiger partial charge in [-0.15, -0.1) is 0 Å². The van der Waals surface area contributed by atoms with Crippen LogP contribution in [0.4, 0.5) is 4.79 Å². The SMILES string of the molecule is CC(N)CN1CCN(Cc2ccccc2)C1=O. The van der Waals surface area contributed by atoms with Crippen LogP contribution in [-0.2, 0) is 6.54 Å². The number of nitrogens with zero attached hydrogens (tertiary/aromatic N) is 2. The maximum Gasteiger partial charge on any atom is 0.320 e. The second-order valence-electron chi connectivity index (χ2n) is 4.61. The van der Waals surface area contributed by atoms with Gasteiger partial charge < -0.3 is 15.5 Å². The van der Waals surface area contributed by atoms with Crippen molar-refractivity contribution in [2.75, 3.05) is 19.6 Å². The van der Waals surface area contributed by atoms with E-state index in [1.165, 1.54) is 5.56 Å². The minimum atomic E-state index is 0.0376. The van der Waals surface area contributed by atoms with Crippen LogP contribution in [0.5, 0.6) is 0 Å². The summed E-state index contributed by atoms with van der Waals surface area (Å²) in [4.78, 5) is 15.7. The summed E-state index contributed by atoms with van der Waals surface area (Å²) in [6.45, 7) is 4.83. The van der Waals surface area contributed by atoms with Crippen molar-refractivity contribution in [2.45, 2.75) is 19.5 Å². The van der Waals surface area contributed by atoms with E-state index in [2.05, 4.69) is 0 Å². The first-order chi connectivity index (χ1) is 8.16. The fraction of sp³-hybridized carbons (Fsp3) is 0.462. The van der Waals surface area contributed by atoms with Crippen LogP contribution in [0.1, 0.15) is 12.5 Å². The maximum atomic E-state index is 12.0. The van der Waals surface area contributed by atoms with Crippen LogP contribution in [0.2, 0.25) is 0 Å². The summed E-state index contributed by atoms with van der Waals surface area (Å²) in [6.07, 6.45) is 0. The molecule has 4 nitrogen and oxygen atoms in total. The van der Waals surface area contributed by atoms with E-state index < -0.39 is 0 Å². The predicted molar refractivity (Wildman–Crippen MR) is 67.5 cm³/mol. The third kappa shape index (κ3) is 2.97. The normalized spacial score (nSPS) is 17.6. The van der Waals surface area contributed by atoms with Crippen LogP contribution in [-0.4, -0.2) is 41.5 Å². The molecule has 0 aliphatic carbocycles. The molecule has 1 heterocycles. The minimum absolute atomic E-state index is 0.0376. The van der Waals surface area contributed by atoms with Gasteiger partial charge >= 0.3 is 6.03 Å². The number of carbonyl (C=O) groups excluding carboxylic acids is 1. The number of urea groups is 1. The lowest BCUT2D eigenvalue weighted by Gasteiger charge is -2.20. The van der Waals surface area contributed by atoms with Crippen LogP contribution in [0.15, 0.2) is 30.3 Å². The molecule has 4 heteroatoms. The van der Waals surface area contributed by atoms with Crippen molar-refractivity contribution in [1.82, 2.24) is 9.80 Å². The average molecular weight is 233 g/mol. The molecule has 2 amide bonds. The molecule has 0 saturated carbocycles. The zero-order chi connectivity index (χ0) is 12.3. The molecular formula is C13H19N3O. The number of nitrogens with two attached hydrogens (primary N) is 1. The molecule has 2 rings (SSSR count). The van der Waals surface area contributed by atoms with E-state index in [9.17, 15) is 4.79 Å². The van der Waals surface area contributed by atoms with Crippen LogP contribution in [0.3, 0.4) is 0 Å². The van der Waals surface area contributed by atoms with Gasteiger partial charge in [0.1, 0.15) is 0 Å². The molecule has 1 atom stereocenters. The molecule has 92 valence electrons. The highest BCUT2D eigenvalue weighted by molar-refractivity contribution is 5.76. The Bertz CT molecular complexity index is 378. The lowest BCUT2D eigenvalue weighted by atomic mass is 10.2. The van der Waals surface area contributed by atoms with Gasteiger partial charge in [0.2, 0.25) is 0 Å². The van der Waals surface area contributed by atoms with E-state index >= 15 is 0 Å². The molecule has 0 aromatic heterocycles. The number of carbonyl (C=O) groups is 1. The standard InChI is InChI=1S/C13H19N3O/c1-11(14)9-15-7-8-16(13(15)17)10-12-5-3-2-4-6-12/h2-6,11H,7-10,14H2,1H3. The monoisotopic (exact) mass is 233 g/mol. The largest absolute Gasteiger partial charge is 0.326 e. The number of hydrogen-bond acceptors (Lipinski definition) is 2. The Hall–Kier alpha value is -1.55. The van der Waals surface area contributed by atoms with Crippen LogP contribution in [0, 0.1) is 0 Å². The van der Waals surface area contributed by atoms with Crippen molar-refractivity contribution in [1.29, 1.82) is 0 Å². The maximum absolute atomic E-state index is 12.0. The number of amides is 2. The highest BCUT2D eigenvalue weighted by Gasteiger charge is 2.28. The fourth-order valence-electron chi connectivity index (χ4n) is 2.10. The Morgan fingerprint density at radius 1 is 1.24 bits per heavy atom. The Morgan fingerprint density at radius 2 is 1.88 bits per heavy atom.